The second-order valence-electron chi connectivity index (χ2n) is 5.99. The van der Waals surface area contributed by atoms with Crippen LogP contribution in [0.5, 0.6) is 0 Å². The van der Waals surface area contributed by atoms with Gasteiger partial charge in [-0.05, 0) is 6.42 Å². The van der Waals surface area contributed by atoms with Gasteiger partial charge in [-0.1, -0.05) is 13.3 Å². The summed E-state index contributed by atoms with van der Waals surface area (Å²) in [7, 11) is 1.04. The van der Waals surface area contributed by atoms with E-state index in [9.17, 15) is 24.9 Å². The lowest BCUT2D eigenvalue weighted by atomic mass is 9.89. The van der Waals surface area contributed by atoms with Crippen LogP contribution in [0.3, 0.4) is 0 Å². The monoisotopic (exact) mass is 365 g/mol. The van der Waals surface area contributed by atoms with Crippen molar-refractivity contribution in [3.8, 4) is 0 Å². The summed E-state index contributed by atoms with van der Waals surface area (Å²) in [5.41, 5.74) is 5.77. The molecule has 1 aliphatic heterocycles. The average molecular weight is 365 g/mol. The lowest BCUT2D eigenvalue weighted by molar-refractivity contribution is -0.300. The number of unbranched alkanes of at least 4 members (excludes halogenated alkanes) is 1. The van der Waals surface area contributed by atoms with Crippen LogP contribution in [-0.4, -0.2) is 82.3 Å². The van der Waals surface area contributed by atoms with Crippen molar-refractivity contribution in [1.29, 1.82) is 0 Å². The number of nitrogens with two attached hydrogens (primary N) is 1. The van der Waals surface area contributed by atoms with Gasteiger partial charge in [0, 0.05) is 6.42 Å². The van der Waals surface area contributed by atoms with Gasteiger partial charge < -0.3 is 40.4 Å². The quantitative estimate of drug-likeness (QED) is 0.297. The van der Waals surface area contributed by atoms with Gasteiger partial charge in [0.25, 0.3) is 0 Å². The van der Waals surface area contributed by atoms with Gasteiger partial charge in [0.1, 0.15) is 18.3 Å². The average Bonchev–Trinajstić information content (AvgIpc) is 2.60. The SMILES string of the molecule is CCCCC(=O)OC1(C(=O)OC)C[C@H](O)[C@@H](N)[C@H](C(O)C(O)CO)O1. The van der Waals surface area contributed by atoms with Crippen molar-refractivity contribution in [2.75, 3.05) is 13.7 Å². The fraction of sp³-hybridized carbons (Fsp3) is 0.867. The molecule has 1 aliphatic rings. The van der Waals surface area contributed by atoms with Crippen LogP contribution in [-0.2, 0) is 23.8 Å². The highest BCUT2D eigenvalue weighted by molar-refractivity contribution is 5.82. The van der Waals surface area contributed by atoms with E-state index in [1.165, 1.54) is 0 Å². The Morgan fingerprint density at radius 1 is 1.40 bits per heavy atom. The number of aliphatic hydroxyl groups is 4. The summed E-state index contributed by atoms with van der Waals surface area (Å²) in [4.78, 5) is 24.2. The molecule has 3 unspecified atom stereocenters. The Hall–Kier alpha value is -1.30. The van der Waals surface area contributed by atoms with Crippen LogP contribution < -0.4 is 5.73 Å². The lowest BCUT2D eigenvalue weighted by Gasteiger charge is -2.45. The predicted octanol–water partition coefficient (Wildman–Crippen LogP) is -2.22. The summed E-state index contributed by atoms with van der Waals surface area (Å²) in [6.45, 7) is 1.07. The van der Waals surface area contributed by atoms with E-state index in [0.717, 1.165) is 13.5 Å². The molecule has 0 spiro atoms. The number of methoxy groups -OCH3 is 1. The number of rotatable bonds is 8. The van der Waals surface area contributed by atoms with Crippen molar-refractivity contribution in [1.82, 2.24) is 0 Å². The smallest absolute Gasteiger partial charge is 0.379 e. The third-order valence-electron chi connectivity index (χ3n) is 4.06. The van der Waals surface area contributed by atoms with Gasteiger partial charge in [0.2, 0.25) is 0 Å². The summed E-state index contributed by atoms with van der Waals surface area (Å²) in [5, 5.41) is 38.8. The van der Waals surface area contributed by atoms with Gasteiger partial charge in [-0.2, -0.15) is 0 Å². The number of ether oxygens (including phenoxy) is 3. The van der Waals surface area contributed by atoms with Crippen LogP contribution in [0.2, 0.25) is 0 Å². The van der Waals surface area contributed by atoms with Crippen molar-refractivity contribution in [3.05, 3.63) is 0 Å². The molecule has 0 aliphatic carbocycles. The van der Waals surface area contributed by atoms with Crippen molar-refractivity contribution in [3.63, 3.8) is 0 Å². The lowest BCUT2D eigenvalue weighted by Crippen LogP contribution is -2.66. The molecule has 0 bridgehead atoms. The number of carbonyl (C=O) groups excluding carboxylic acids is 2. The van der Waals surface area contributed by atoms with E-state index in [1.54, 1.807) is 0 Å². The predicted molar refractivity (Wildman–Crippen MR) is 82.9 cm³/mol. The zero-order valence-electron chi connectivity index (χ0n) is 14.3. The topological polar surface area (TPSA) is 169 Å². The van der Waals surface area contributed by atoms with Crippen LogP contribution in [0, 0.1) is 0 Å². The van der Waals surface area contributed by atoms with Gasteiger partial charge >= 0.3 is 17.7 Å². The van der Waals surface area contributed by atoms with E-state index in [4.69, 9.17) is 20.3 Å². The van der Waals surface area contributed by atoms with Crippen LogP contribution in [0.25, 0.3) is 0 Å². The van der Waals surface area contributed by atoms with Gasteiger partial charge in [-0.15, -0.1) is 0 Å². The first-order chi connectivity index (χ1) is 11.7. The molecule has 10 heteroatoms. The Morgan fingerprint density at radius 2 is 2.04 bits per heavy atom. The van der Waals surface area contributed by atoms with E-state index in [0.29, 0.717) is 6.42 Å². The molecular weight excluding hydrogens is 338 g/mol. The summed E-state index contributed by atoms with van der Waals surface area (Å²) >= 11 is 0. The van der Waals surface area contributed by atoms with Crippen LogP contribution in [0.1, 0.15) is 32.6 Å². The number of esters is 2. The molecule has 1 heterocycles. The molecule has 1 fully saturated rings. The normalized spacial score (nSPS) is 31.9. The number of hydrogen-bond acceptors (Lipinski definition) is 10. The minimum atomic E-state index is -2.30. The third kappa shape index (κ3) is 5.09. The van der Waals surface area contributed by atoms with Crippen LogP contribution in [0.15, 0.2) is 0 Å². The van der Waals surface area contributed by atoms with Crippen LogP contribution in [0.4, 0.5) is 0 Å². The third-order valence-corrected chi connectivity index (χ3v) is 4.06. The molecule has 25 heavy (non-hydrogen) atoms. The van der Waals surface area contributed by atoms with E-state index in [1.807, 2.05) is 6.92 Å². The molecular formula is C15H27NO9. The largest absolute Gasteiger partial charge is 0.464 e. The fourth-order valence-corrected chi connectivity index (χ4v) is 2.55. The molecule has 1 rings (SSSR count). The van der Waals surface area contributed by atoms with Gasteiger partial charge in [0.15, 0.2) is 0 Å². The number of carbonyl (C=O) groups is 2. The minimum absolute atomic E-state index is 0.0211. The summed E-state index contributed by atoms with van der Waals surface area (Å²) in [6.07, 6.45) is -5.46. The summed E-state index contributed by atoms with van der Waals surface area (Å²) < 4.78 is 15.2. The second-order valence-corrected chi connectivity index (χ2v) is 5.99. The Kier molecular flexibility index (Phi) is 8.19. The summed E-state index contributed by atoms with van der Waals surface area (Å²) in [5.74, 6) is -4.12. The zero-order valence-corrected chi connectivity index (χ0v) is 14.3. The Balaban J connectivity index is 3.10. The highest BCUT2D eigenvalue weighted by Crippen LogP contribution is 2.33. The highest BCUT2D eigenvalue weighted by Gasteiger charge is 2.56. The molecule has 6 atom stereocenters. The van der Waals surface area contributed by atoms with E-state index in [-0.39, 0.29) is 6.42 Å². The van der Waals surface area contributed by atoms with Crippen molar-refractivity contribution < 1.29 is 44.2 Å². The van der Waals surface area contributed by atoms with Crippen molar-refractivity contribution >= 4 is 11.9 Å². The van der Waals surface area contributed by atoms with Crippen LogP contribution >= 0.6 is 0 Å². The Morgan fingerprint density at radius 3 is 2.56 bits per heavy atom. The zero-order chi connectivity index (χ0) is 19.2. The van der Waals surface area contributed by atoms with Gasteiger partial charge in [0.05, 0.1) is 32.3 Å². The molecule has 146 valence electrons. The van der Waals surface area contributed by atoms with Gasteiger partial charge in [-0.3, -0.25) is 4.79 Å². The fourth-order valence-electron chi connectivity index (χ4n) is 2.55. The first kappa shape index (κ1) is 21.7. The molecule has 0 saturated carbocycles. The minimum Gasteiger partial charge on any atom is -0.464 e. The standard InChI is InChI=1S/C15H27NO9/c1-3-4-5-10(20)24-15(14(22)23-2)6-8(18)11(16)13(25-15)12(21)9(19)7-17/h8-9,11-13,17-19,21H,3-7,16H2,1-2H3/t8-,9?,11+,12?,13+,15?/m0/s1. The molecule has 0 aromatic heterocycles. The second kappa shape index (κ2) is 9.41. The maximum absolute atomic E-state index is 12.2. The van der Waals surface area contributed by atoms with E-state index in [2.05, 4.69) is 4.74 Å². The molecule has 1 saturated heterocycles. The molecule has 0 radical (unpaired) electrons. The first-order valence-electron chi connectivity index (χ1n) is 8.11. The molecule has 10 nitrogen and oxygen atoms in total. The maximum atomic E-state index is 12.2. The summed E-state index contributed by atoms with van der Waals surface area (Å²) in [6, 6.07) is -1.19. The molecule has 0 amide bonds. The Labute approximate surface area is 145 Å². The first-order valence-corrected chi connectivity index (χ1v) is 8.11. The molecule has 0 aromatic carbocycles. The van der Waals surface area contributed by atoms with Crippen molar-refractivity contribution in [2.45, 2.75) is 68.9 Å². The van der Waals surface area contributed by atoms with E-state index >= 15 is 0 Å². The number of hydrogen-bond donors (Lipinski definition) is 5. The van der Waals surface area contributed by atoms with E-state index < -0.39 is 61.2 Å². The number of aliphatic hydroxyl groups excluding tert-OH is 4. The Bertz CT molecular complexity index is 460. The van der Waals surface area contributed by atoms with Gasteiger partial charge in [-0.25, -0.2) is 4.79 Å². The highest BCUT2D eigenvalue weighted by atomic mass is 16.8. The molecule has 0 aromatic rings. The molecule has 6 N–H and O–H groups in total. The van der Waals surface area contributed by atoms with Crippen molar-refractivity contribution in [2.24, 2.45) is 5.73 Å². The maximum Gasteiger partial charge on any atom is 0.379 e.